The summed E-state index contributed by atoms with van der Waals surface area (Å²) in [5.74, 6) is 1.10. The van der Waals surface area contributed by atoms with Crippen LogP contribution in [0.2, 0.25) is 0 Å². The van der Waals surface area contributed by atoms with Crippen LogP contribution in [0.1, 0.15) is 57.6 Å². The fraction of sp³-hybridized carbons (Fsp3) is 0.714. The SMILES string of the molecule is CCC[C@]12CC3[C@@H](C(C)(C)O)CC1C(Cc1ccccc12)N3C. The predicted molar refractivity (Wildman–Crippen MR) is 94.6 cm³/mol. The van der Waals surface area contributed by atoms with E-state index in [-0.39, 0.29) is 0 Å². The van der Waals surface area contributed by atoms with Gasteiger partial charge in [-0.2, -0.15) is 0 Å². The van der Waals surface area contributed by atoms with E-state index in [1.54, 1.807) is 11.1 Å². The molecule has 0 aromatic heterocycles. The number of hydrogen-bond acceptors (Lipinski definition) is 2. The number of piperidine rings is 2. The van der Waals surface area contributed by atoms with Gasteiger partial charge in [0.2, 0.25) is 0 Å². The molecule has 2 saturated heterocycles. The number of aliphatic hydroxyl groups is 1. The Morgan fingerprint density at radius 2 is 2.00 bits per heavy atom. The Hall–Kier alpha value is -0.860. The Kier molecular flexibility index (Phi) is 3.45. The van der Waals surface area contributed by atoms with Gasteiger partial charge in [-0.15, -0.1) is 0 Å². The zero-order valence-electron chi connectivity index (χ0n) is 15.0. The largest absolute Gasteiger partial charge is 0.390 e. The van der Waals surface area contributed by atoms with E-state index in [4.69, 9.17) is 0 Å². The lowest BCUT2D eigenvalue weighted by Crippen LogP contribution is -2.70. The van der Waals surface area contributed by atoms with E-state index in [0.29, 0.717) is 29.3 Å². The summed E-state index contributed by atoms with van der Waals surface area (Å²) in [4.78, 5) is 2.63. The molecule has 2 heterocycles. The zero-order chi connectivity index (χ0) is 16.4. The number of hydrogen-bond donors (Lipinski definition) is 1. The molecular weight excluding hydrogens is 282 g/mol. The first-order valence-electron chi connectivity index (χ1n) is 9.41. The molecule has 126 valence electrons. The Labute approximate surface area is 140 Å². The lowest BCUT2D eigenvalue weighted by Gasteiger charge is -2.66. The van der Waals surface area contributed by atoms with Crippen LogP contribution in [0, 0.1) is 11.8 Å². The normalized spacial score (nSPS) is 39.3. The van der Waals surface area contributed by atoms with Crippen LogP contribution in [0.4, 0.5) is 0 Å². The van der Waals surface area contributed by atoms with E-state index in [9.17, 15) is 5.11 Å². The number of benzene rings is 1. The zero-order valence-corrected chi connectivity index (χ0v) is 15.0. The molecule has 4 bridgehead atoms. The monoisotopic (exact) mass is 313 g/mol. The molecule has 5 rings (SSSR count). The smallest absolute Gasteiger partial charge is 0.0634 e. The van der Waals surface area contributed by atoms with E-state index in [1.807, 2.05) is 13.8 Å². The standard InChI is InChI=1S/C21H31NO/c1-5-10-21-13-19-16(20(2,3)23)12-17(21)18(22(19)4)11-14-8-6-7-9-15(14)21/h6-9,16-19,23H,5,10-13H2,1-4H3/t16-,17?,18?,19?,21+/m0/s1. The summed E-state index contributed by atoms with van der Waals surface area (Å²) < 4.78 is 0. The lowest BCUT2D eigenvalue weighted by atomic mass is 9.46. The van der Waals surface area contributed by atoms with Crippen molar-refractivity contribution in [1.29, 1.82) is 0 Å². The van der Waals surface area contributed by atoms with Crippen LogP contribution in [-0.2, 0) is 11.8 Å². The lowest BCUT2D eigenvalue weighted by molar-refractivity contribution is -0.149. The molecule has 2 heteroatoms. The molecule has 23 heavy (non-hydrogen) atoms. The summed E-state index contributed by atoms with van der Waals surface area (Å²) in [5.41, 5.74) is 3.00. The van der Waals surface area contributed by atoms with Gasteiger partial charge in [0.15, 0.2) is 0 Å². The molecule has 0 spiro atoms. The fourth-order valence-corrected chi connectivity index (χ4v) is 6.44. The van der Waals surface area contributed by atoms with Crippen molar-refractivity contribution in [3.63, 3.8) is 0 Å². The third kappa shape index (κ3) is 2.07. The van der Waals surface area contributed by atoms with Crippen molar-refractivity contribution in [2.45, 2.75) is 76.0 Å². The summed E-state index contributed by atoms with van der Waals surface area (Å²) in [5, 5.41) is 10.7. The Balaban J connectivity index is 1.83. The number of likely N-dealkylation sites (N-methyl/N-ethyl adjacent to an activating group) is 1. The van der Waals surface area contributed by atoms with Crippen LogP contribution < -0.4 is 0 Å². The average Bonchev–Trinajstić information content (AvgIpc) is 2.50. The number of fused-ring (bicyclic) bond motifs is 2. The van der Waals surface area contributed by atoms with Crippen molar-refractivity contribution < 1.29 is 5.11 Å². The van der Waals surface area contributed by atoms with Gasteiger partial charge in [0.05, 0.1) is 5.60 Å². The van der Waals surface area contributed by atoms with Gasteiger partial charge < -0.3 is 5.11 Å². The van der Waals surface area contributed by atoms with Gasteiger partial charge in [0, 0.05) is 23.4 Å². The second-order valence-corrected chi connectivity index (χ2v) is 8.87. The molecular formula is C21H31NO. The van der Waals surface area contributed by atoms with E-state index in [0.717, 1.165) is 0 Å². The van der Waals surface area contributed by atoms with E-state index in [2.05, 4.69) is 43.1 Å². The van der Waals surface area contributed by atoms with Crippen molar-refractivity contribution >= 4 is 0 Å². The molecule has 3 unspecified atom stereocenters. The maximum absolute atomic E-state index is 10.7. The van der Waals surface area contributed by atoms with Gasteiger partial charge in [-0.3, -0.25) is 4.90 Å². The van der Waals surface area contributed by atoms with Crippen LogP contribution in [0.3, 0.4) is 0 Å². The Bertz CT molecular complexity index is 604. The second kappa shape index (κ2) is 5.07. The van der Waals surface area contributed by atoms with Gasteiger partial charge in [-0.05, 0) is 63.6 Å². The molecule has 3 fully saturated rings. The van der Waals surface area contributed by atoms with Crippen molar-refractivity contribution in [2.24, 2.45) is 11.8 Å². The van der Waals surface area contributed by atoms with Gasteiger partial charge in [-0.25, -0.2) is 0 Å². The predicted octanol–water partition coefficient (Wildman–Crippen LogP) is 3.76. The second-order valence-electron chi connectivity index (χ2n) is 8.87. The summed E-state index contributed by atoms with van der Waals surface area (Å²) in [7, 11) is 2.31. The van der Waals surface area contributed by atoms with Crippen LogP contribution >= 0.6 is 0 Å². The van der Waals surface area contributed by atoms with Gasteiger partial charge >= 0.3 is 0 Å². The summed E-state index contributed by atoms with van der Waals surface area (Å²) >= 11 is 0. The van der Waals surface area contributed by atoms with Crippen LogP contribution in [-0.4, -0.2) is 34.7 Å². The first-order valence-corrected chi connectivity index (χ1v) is 9.41. The van der Waals surface area contributed by atoms with Crippen LogP contribution in [0.25, 0.3) is 0 Å². The van der Waals surface area contributed by atoms with Crippen LogP contribution in [0.15, 0.2) is 24.3 Å². The van der Waals surface area contributed by atoms with Gasteiger partial charge in [-0.1, -0.05) is 37.6 Å². The third-order valence-electron chi connectivity index (χ3n) is 7.35. The molecule has 1 saturated carbocycles. The molecule has 1 aromatic rings. The first kappa shape index (κ1) is 15.7. The molecule has 2 aliphatic carbocycles. The Morgan fingerprint density at radius 1 is 1.26 bits per heavy atom. The third-order valence-corrected chi connectivity index (χ3v) is 7.35. The van der Waals surface area contributed by atoms with E-state index in [1.165, 1.54) is 32.1 Å². The fourth-order valence-electron chi connectivity index (χ4n) is 6.44. The molecule has 2 aliphatic heterocycles. The van der Waals surface area contributed by atoms with Crippen molar-refractivity contribution in [3.8, 4) is 0 Å². The number of nitrogens with zero attached hydrogens (tertiary/aromatic N) is 1. The van der Waals surface area contributed by atoms with Gasteiger partial charge in [0.1, 0.15) is 0 Å². The average molecular weight is 313 g/mol. The van der Waals surface area contributed by atoms with Crippen LogP contribution in [0.5, 0.6) is 0 Å². The topological polar surface area (TPSA) is 23.5 Å². The minimum Gasteiger partial charge on any atom is -0.390 e. The quantitative estimate of drug-likeness (QED) is 0.918. The minimum atomic E-state index is -0.570. The molecule has 1 aromatic carbocycles. The van der Waals surface area contributed by atoms with Gasteiger partial charge in [0.25, 0.3) is 0 Å². The highest BCUT2D eigenvalue weighted by molar-refractivity contribution is 5.42. The first-order chi connectivity index (χ1) is 10.9. The van der Waals surface area contributed by atoms with Crippen molar-refractivity contribution in [3.05, 3.63) is 35.4 Å². The maximum Gasteiger partial charge on any atom is 0.0634 e. The number of rotatable bonds is 3. The maximum atomic E-state index is 10.7. The molecule has 1 N–H and O–H groups in total. The summed E-state index contributed by atoms with van der Waals surface area (Å²) in [6, 6.07) is 10.4. The highest BCUT2D eigenvalue weighted by Gasteiger charge is 2.61. The van der Waals surface area contributed by atoms with Crippen molar-refractivity contribution in [2.75, 3.05) is 7.05 Å². The molecule has 2 nitrogen and oxygen atoms in total. The molecule has 0 radical (unpaired) electrons. The molecule has 5 atom stereocenters. The minimum absolute atomic E-state index is 0.354. The highest BCUT2D eigenvalue weighted by atomic mass is 16.3. The summed E-state index contributed by atoms with van der Waals surface area (Å²) in [6.45, 7) is 6.37. The summed E-state index contributed by atoms with van der Waals surface area (Å²) in [6.07, 6.45) is 6.16. The van der Waals surface area contributed by atoms with Crippen molar-refractivity contribution in [1.82, 2.24) is 4.90 Å². The molecule has 0 amide bonds. The van der Waals surface area contributed by atoms with E-state index < -0.39 is 5.60 Å². The molecule has 4 aliphatic rings. The Morgan fingerprint density at radius 3 is 2.70 bits per heavy atom. The highest BCUT2D eigenvalue weighted by Crippen LogP contribution is 2.61. The van der Waals surface area contributed by atoms with E-state index >= 15 is 0 Å².